The van der Waals surface area contributed by atoms with Gasteiger partial charge in [-0.3, -0.25) is 24.0 Å². The maximum absolute atomic E-state index is 13.9. The number of hydrogen-bond donors (Lipinski definition) is 3. The Morgan fingerprint density at radius 1 is 1.02 bits per heavy atom. The number of amides is 3. The van der Waals surface area contributed by atoms with Gasteiger partial charge in [0.2, 0.25) is 17.5 Å². The molecular weight excluding hydrogens is 590 g/mol. The lowest BCUT2D eigenvalue weighted by Crippen LogP contribution is -2.49. The third-order valence-corrected chi connectivity index (χ3v) is 6.70. The van der Waals surface area contributed by atoms with Gasteiger partial charge in [-0.2, -0.15) is 8.78 Å². The number of para-hydroxylation sites is 1. The summed E-state index contributed by atoms with van der Waals surface area (Å²) in [5.41, 5.74) is 0.892. The first-order valence-corrected chi connectivity index (χ1v) is 13.5. The number of nitrogens with zero attached hydrogens (tertiary/aromatic N) is 1. The zero-order valence-electron chi connectivity index (χ0n) is 24.1. The first-order chi connectivity index (χ1) is 20.6. The van der Waals surface area contributed by atoms with Gasteiger partial charge in [0.15, 0.2) is 23.2 Å². The number of hydrogen-bond acceptors (Lipinski definition) is 6. The number of carboxylic acid groups (broad SMARTS) is 1. The maximum atomic E-state index is 13.9. The number of carbonyl (C=O) groups is 5. The van der Waals surface area contributed by atoms with Crippen LogP contribution in [0.4, 0.5) is 23.2 Å². The number of anilines is 1. The molecule has 2 aromatic carbocycles. The summed E-state index contributed by atoms with van der Waals surface area (Å²) in [6, 6.07) is 5.15. The highest BCUT2D eigenvalue weighted by Gasteiger charge is 2.33. The molecule has 0 unspecified atom stereocenters. The van der Waals surface area contributed by atoms with Crippen molar-refractivity contribution in [1.29, 1.82) is 0 Å². The minimum atomic E-state index is -1.91. The molecule has 0 aromatic heterocycles. The molecule has 3 amide bonds. The van der Waals surface area contributed by atoms with Crippen molar-refractivity contribution in [3.8, 4) is 5.75 Å². The molecule has 2 atom stereocenters. The van der Waals surface area contributed by atoms with E-state index in [1.165, 1.54) is 0 Å². The van der Waals surface area contributed by atoms with Crippen molar-refractivity contribution < 1.29 is 51.4 Å². The number of ether oxygens (including phenoxy) is 1. The van der Waals surface area contributed by atoms with Crippen molar-refractivity contribution in [2.75, 3.05) is 25.0 Å². The van der Waals surface area contributed by atoms with Crippen LogP contribution in [0.2, 0.25) is 0 Å². The first-order valence-electron chi connectivity index (χ1n) is 13.5. The highest BCUT2D eigenvalue weighted by molar-refractivity contribution is 6.39. The molecule has 1 heterocycles. The lowest BCUT2D eigenvalue weighted by atomic mass is 9.86. The van der Waals surface area contributed by atoms with Crippen molar-refractivity contribution in [1.82, 2.24) is 10.2 Å². The molecule has 0 radical (unpaired) electrons. The van der Waals surface area contributed by atoms with E-state index in [4.69, 9.17) is 0 Å². The van der Waals surface area contributed by atoms with Gasteiger partial charge >= 0.3 is 17.8 Å². The number of halogens is 4. The van der Waals surface area contributed by atoms with E-state index in [0.29, 0.717) is 5.69 Å². The molecule has 10 nitrogen and oxygen atoms in total. The maximum Gasteiger partial charge on any atom is 0.313 e. The Morgan fingerprint density at radius 2 is 1.66 bits per heavy atom. The summed E-state index contributed by atoms with van der Waals surface area (Å²) >= 11 is 0. The molecule has 3 N–H and O–H groups in total. The summed E-state index contributed by atoms with van der Waals surface area (Å²) in [7, 11) is 0. The molecule has 14 heteroatoms. The van der Waals surface area contributed by atoms with E-state index in [1.807, 2.05) is 26.8 Å². The molecule has 44 heavy (non-hydrogen) atoms. The Morgan fingerprint density at radius 3 is 2.27 bits per heavy atom. The van der Waals surface area contributed by atoms with E-state index in [2.05, 4.69) is 15.4 Å². The number of benzene rings is 2. The van der Waals surface area contributed by atoms with Crippen molar-refractivity contribution in [2.45, 2.75) is 45.1 Å². The molecule has 2 aromatic rings. The van der Waals surface area contributed by atoms with Crippen LogP contribution in [0.1, 0.15) is 39.2 Å². The fourth-order valence-electron chi connectivity index (χ4n) is 4.43. The molecule has 236 valence electrons. The van der Waals surface area contributed by atoms with Crippen LogP contribution in [0.3, 0.4) is 0 Å². The summed E-state index contributed by atoms with van der Waals surface area (Å²) in [6.07, 6.45) is 2.24. The molecule has 0 saturated carbocycles. The zero-order chi connectivity index (χ0) is 32.8. The first kappa shape index (κ1) is 33.7. The number of ketones is 1. The van der Waals surface area contributed by atoms with Crippen molar-refractivity contribution >= 4 is 35.2 Å². The van der Waals surface area contributed by atoms with Crippen LogP contribution in [0.5, 0.6) is 5.75 Å². The molecule has 0 fully saturated rings. The van der Waals surface area contributed by atoms with Crippen molar-refractivity contribution in [2.24, 2.45) is 5.92 Å². The van der Waals surface area contributed by atoms with Gasteiger partial charge in [-0.05, 0) is 23.5 Å². The quantitative estimate of drug-likeness (QED) is 0.168. The Bertz CT molecular complexity index is 1460. The predicted octanol–water partition coefficient (Wildman–Crippen LogP) is 3.49. The van der Waals surface area contributed by atoms with E-state index in [-0.39, 0.29) is 31.0 Å². The van der Waals surface area contributed by atoms with Crippen LogP contribution in [0, 0.1) is 29.2 Å². The number of nitrogens with one attached hydrogen (secondary N) is 2. The lowest BCUT2D eigenvalue weighted by molar-refractivity contribution is -0.144. The number of Topliss-reactive ketones (excluding diaryl/α,β-unsaturated/α-hetero) is 1. The highest BCUT2D eigenvalue weighted by Crippen LogP contribution is 2.29. The van der Waals surface area contributed by atoms with Crippen LogP contribution in [-0.2, 0) is 29.4 Å². The van der Waals surface area contributed by atoms with E-state index in [9.17, 15) is 46.6 Å². The summed E-state index contributed by atoms with van der Waals surface area (Å²) in [5.74, 6) is -15.4. The van der Waals surface area contributed by atoms with E-state index in [1.54, 1.807) is 30.4 Å². The molecule has 0 bridgehead atoms. The van der Waals surface area contributed by atoms with Crippen LogP contribution < -0.4 is 15.4 Å². The number of rotatable bonds is 9. The second-order valence-corrected chi connectivity index (χ2v) is 11.1. The molecule has 0 spiro atoms. The molecule has 1 aliphatic rings. The van der Waals surface area contributed by atoms with Crippen LogP contribution in [0.15, 0.2) is 42.5 Å². The standard InChI is InChI=1S/C30H31F4N3O7/c1-30(2,3)17-9-4-5-10-20(17)35-28(42)29(43)37-11-7-6-8-16(14-37)27(41)36-21(13-23(39)40)22(38)15-44-26-24(33)18(31)12-19(32)25(26)34/h4-7,9-10,12,16,21H,8,11,13-15H2,1-3H3,(H,35,42)(H,36,41)(H,39,40)/t16-,21+/m1/s1. The fourth-order valence-corrected chi connectivity index (χ4v) is 4.43. The second kappa shape index (κ2) is 14.1. The Balaban J connectivity index is 1.70. The molecule has 0 saturated heterocycles. The molecule has 3 rings (SSSR count). The predicted molar refractivity (Wildman–Crippen MR) is 149 cm³/mol. The highest BCUT2D eigenvalue weighted by atomic mass is 19.2. The summed E-state index contributed by atoms with van der Waals surface area (Å²) in [5, 5.41) is 14.1. The lowest BCUT2D eigenvalue weighted by Gasteiger charge is -2.26. The average molecular weight is 622 g/mol. The van der Waals surface area contributed by atoms with Gasteiger partial charge in [0.05, 0.1) is 12.3 Å². The largest absolute Gasteiger partial charge is 0.481 e. The van der Waals surface area contributed by atoms with Gasteiger partial charge in [0.25, 0.3) is 0 Å². The Kier molecular flexibility index (Phi) is 10.9. The van der Waals surface area contributed by atoms with Gasteiger partial charge in [-0.25, -0.2) is 8.78 Å². The molecule has 0 aliphatic carbocycles. The zero-order valence-corrected chi connectivity index (χ0v) is 24.1. The van der Waals surface area contributed by atoms with Gasteiger partial charge in [-0.15, -0.1) is 0 Å². The minimum Gasteiger partial charge on any atom is -0.481 e. The average Bonchev–Trinajstić information content (AvgIpc) is 3.21. The number of carboxylic acids is 1. The summed E-state index contributed by atoms with van der Waals surface area (Å²) in [4.78, 5) is 64.3. The Labute approximate surface area is 250 Å². The number of carbonyl (C=O) groups excluding carboxylic acids is 4. The number of aliphatic carboxylic acids is 1. The van der Waals surface area contributed by atoms with Gasteiger partial charge in [0.1, 0.15) is 12.6 Å². The fraction of sp³-hybridized carbons (Fsp3) is 0.367. The van der Waals surface area contributed by atoms with Crippen molar-refractivity contribution in [3.63, 3.8) is 0 Å². The van der Waals surface area contributed by atoms with Gasteiger partial charge in [-0.1, -0.05) is 51.1 Å². The van der Waals surface area contributed by atoms with E-state index >= 15 is 0 Å². The normalized spacial score (nSPS) is 15.6. The summed E-state index contributed by atoms with van der Waals surface area (Å²) in [6.45, 7) is 4.30. The van der Waals surface area contributed by atoms with E-state index in [0.717, 1.165) is 10.5 Å². The summed E-state index contributed by atoms with van der Waals surface area (Å²) < 4.78 is 59.3. The molecule has 1 aliphatic heterocycles. The third-order valence-electron chi connectivity index (χ3n) is 6.70. The third kappa shape index (κ3) is 8.42. The van der Waals surface area contributed by atoms with Crippen LogP contribution >= 0.6 is 0 Å². The Hall–Kier alpha value is -4.75. The minimum absolute atomic E-state index is 0.0103. The van der Waals surface area contributed by atoms with Gasteiger partial charge in [0, 0.05) is 24.8 Å². The SMILES string of the molecule is CC(C)(C)c1ccccc1NC(=O)C(=O)N1CC=CC[C@@H](C(=O)N[C@@H](CC(=O)O)C(=O)COc2c(F)c(F)cc(F)c2F)C1. The smallest absolute Gasteiger partial charge is 0.313 e. The van der Waals surface area contributed by atoms with Crippen LogP contribution in [-0.4, -0.2) is 65.2 Å². The van der Waals surface area contributed by atoms with E-state index < -0.39 is 83.5 Å². The van der Waals surface area contributed by atoms with Crippen LogP contribution in [0.25, 0.3) is 0 Å². The topological polar surface area (TPSA) is 142 Å². The number of allylic oxidation sites excluding steroid dienone is 1. The van der Waals surface area contributed by atoms with Gasteiger partial charge < -0.3 is 25.4 Å². The monoisotopic (exact) mass is 621 g/mol. The second-order valence-electron chi connectivity index (χ2n) is 11.1. The van der Waals surface area contributed by atoms with Crippen molar-refractivity contribution in [3.05, 3.63) is 71.3 Å². The molecular formula is C30H31F4N3O7.